The third-order valence-electron chi connectivity index (χ3n) is 4.32. The number of rotatable bonds is 3. The lowest BCUT2D eigenvalue weighted by Crippen LogP contribution is -2.23. The van der Waals surface area contributed by atoms with Crippen molar-refractivity contribution in [2.75, 3.05) is 5.32 Å². The van der Waals surface area contributed by atoms with Gasteiger partial charge in [0.15, 0.2) is 11.5 Å². The minimum atomic E-state index is -0.742. The number of aromatic nitrogens is 4. The number of nitrogens with two attached hydrogens (primary N) is 1. The third-order valence-corrected chi connectivity index (χ3v) is 4.58. The van der Waals surface area contributed by atoms with Crippen LogP contribution in [0.5, 0.6) is 0 Å². The summed E-state index contributed by atoms with van der Waals surface area (Å²) in [5.74, 6) is -1.24. The van der Waals surface area contributed by atoms with E-state index in [2.05, 4.69) is 20.4 Å². The molecule has 0 saturated heterocycles. The predicted octanol–water partition coefficient (Wildman–Crippen LogP) is 3.01. The first-order valence-corrected chi connectivity index (χ1v) is 8.28. The van der Waals surface area contributed by atoms with Crippen LogP contribution in [0.2, 0.25) is 5.02 Å². The van der Waals surface area contributed by atoms with Crippen molar-refractivity contribution in [2.24, 2.45) is 5.73 Å². The zero-order chi connectivity index (χ0) is 17.6. The summed E-state index contributed by atoms with van der Waals surface area (Å²) in [5, 5.41) is 7.65. The Morgan fingerprint density at radius 3 is 2.64 bits per heavy atom. The fourth-order valence-electron chi connectivity index (χ4n) is 3.10. The van der Waals surface area contributed by atoms with Gasteiger partial charge in [0.2, 0.25) is 5.95 Å². The van der Waals surface area contributed by atoms with Crippen LogP contribution < -0.4 is 11.1 Å². The van der Waals surface area contributed by atoms with Crippen LogP contribution in [-0.2, 0) is 0 Å². The summed E-state index contributed by atoms with van der Waals surface area (Å²) in [6.45, 7) is 0. The number of benzene rings is 1. The summed E-state index contributed by atoms with van der Waals surface area (Å²) in [7, 11) is 0. The number of nitrogens with one attached hydrogen (secondary N) is 1. The molecule has 0 aliphatic heterocycles. The Balaban J connectivity index is 1.84. The average molecular weight is 365 g/mol. The predicted molar refractivity (Wildman–Crippen MR) is 90.4 cm³/mol. The lowest BCUT2D eigenvalue weighted by atomic mass is 10.2. The van der Waals surface area contributed by atoms with E-state index >= 15 is 0 Å². The van der Waals surface area contributed by atoms with Crippen LogP contribution in [0, 0.1) is 11.6 Å². The maximum Gasteiger partial charge on any atom is 0.228 e. The quantitative estimate of drug-likeness (QED) is 0.746. The van der Waals surface area contributed by atoms with Gasteiger partial charge in [0.1, 0.15) is 16.7 Å². The van der Waals surface area contributed by atoms with Gasteiger partial charge in [-0.3, -0.25) is 0 Å². The van der Waals surface area contributed by atoms with Gasteiger partial charge in [0.25, 0.3) is 0 Å². The number of fused-ring (bicyclic) bond motifs is 1. The summed E-state index contributed by atoms with van der Waals surface area (Å²) in [5.41, 5.74) is 5.92. The molecule has 25 heavy (non-hydrogen) atoms. The van der Waals surface area contributed by atoms with E-state index in [1.54, 1.807) is 0 Å². The molecular formula is C16H15ClF2N6. The van der Waals surface area contributed by atoms with Gasteiger partial charge in [-0.25, -0.2) is 13.8 Å². The molecule has 3 aromatic rings. The van der Waals surface area contributed by atoms with Gasteiger partial charge >= 0.3 is 0 Å². The number of hydrogen-bond acceptors (Lipinski definition) is 5. The van der Waals surface area contributed by atoms with Crippen molar-refractivity contribution in [3.63, 3.8) is 0 Å². The van der Waals surface area contributed by atoms with Crippen LogP contribution in [0.15, 0.2) is 24.4 Å². The van der Waals surface area contributed by atoms with E-state index in [0.717, 1.165) is 31.4 Å². The van der Waals surface area contributed by atoms with Crippen molar-refractivity contribution in [2.45, 2.75) is 31.3 Å². The Morgan fingerprint density at radius 2 is 1.96 bits per heavy atom. The summed E-state index contributed by atoms with van der Waals surface area (Å²) in [6, 6.07) is 3.84. The first-order valence-electron chi connectivity index (χ1n) is 7.90. The number of anilines is 1. The smallest absolute Gasteiger partial charge is 0.228 e. The van der Waals surface area contributed by atoms with Crippen LogP contribution in [0.4, 0.5) is 14.7 Å². The summed E-state index contributed by atoms with van der Waals surface area (Å²) >= 11 is 6.11. The van der Waals surface area contributed by atoms with Crippen LogP contribution in [-0.4, -0.2) is 31.7 Å². The van der Waals surface area contributed by atoms with E-state index in [1.165, 1.54) is 16.8 Å². The largest absolute Gasteiger partial charge is 0.351 e. The van der Waals surface area contributed by atoms with E-state index < -0.39 is 11.6 Å². The van der Waals surface area contributed by atoms with E-state index in [4.69, 9.17) is 17.3 Å². The van der Waals surface area contributed by atoms with Crippen molar-refractivity contribution in [3.05, 3.63) is 41.1 Å². The monoisotopic (exact) mass is 364 g/mol. The van der Waals surface area contributed by atoms with Gasteiger partial charge in [-0.15, -0.1) is 0 Å². The molecule has 1 aromatic carbocycles. The second-order valence-electron chi connectivity index (χ2n) is 6.11. The van der Waals surface area contributed by atoms with Gasteiger partial charge < -0.3 is 11.1 Å². The molecule has 0 spiro atoms. The van der Waals surface area contributed by atoms with Gasteiger partial charge in [0, 0.05) is 12.1 Å². The Morgan fingerprint density at radius 1 is 1.20 bits per heavy atom. The molecule has 130 valence electrons. The maximum absolute atomic E-state index is 14.1. The molecule has 0 unspecified atom stereocenters. The standard InChI is InChI=1S/C16H15ClF2N6/c17-10-7-21-25-15(10)23-14(13-11(18)2-1-3-12(13)19)24-16(25)22-9-5-4-8(20)6-9/h1-3,7-9H,4-6,20H2,(H,22,23,24)/t8-,9+/m1/s1. The fourth-order valence-corrected chi connectivity index (χ4v) is 3.26. The molecule has 4 rings (SSSR count). The molecule has 2 atom stereocenters. The van der Waals surface area contributed by atoms with E-state index in [-0.39, 0.29) is 34.1 Å². The van der Waals surface area contributed by atoms with Gasteiger partial charge in [-0.1, -0.05) is 17.7 Å². The zero-order valence-electron chi connectivity index (χ0n) is 13.1. The van der Waals surface area contributed by atoms with Crippen molar-refractivity contribution in [1.29, 1.82) is 0 Å². The maximum atomic E-state index is 14.1. The first-order chi connectivity index (χ1) is 12.0. The van der Waals surface area contributed by atoms with E-state index in [0.29, 0.717) is 5.95 Å². The van der Waals surface area contributed by atoms with Crippen LogP contribution in [0.25, 0.3) is 17.0 Å². The molecule has 3 N–H and O–H groups in total. The van der Waals surface area contributed by atoms with Crippen molar-refractivity contribution >= 4 is 23.2 Å². The molecule has 1 aliphatic carbocycles. The second kappa shape index (κ2) is 6.20. The highest BCUT2D eigenvalue weighted by atomic mass is 35.5. The Bertz CT molecular complexity index is 924. The topological polar surface area (TPSA) is 81.1 Å². The highest BCUT2D eigenvalue weighted by Crippen LogP contribution is 2.28. The highest BCUT2D eigenvalue weighted by molar-refractivity contribution is 6.33. The highest BCUT2D eigenvalue weighted by Gasteiger charge is 2.24. The Kier molecular flexibility index (Phi) is 4.01. The molecule has 1 fully saturated rings. The number of halogens is 3. The minimum absolute atomic E-state index is 0.0877. The van der Waals surface area contributed by atoms with Crippen LogP contribution in [0.3, 0.4) is 0 Å². The molecule has 1 saturated carbocycles. The van der Waals surface area contributed by atoms with E-state index in [1.807, 2.05) is 0 Å². The van der Waals surface area contributed by atoms with Crippen LogP contribution >= 0.6 is 11.6 Å². The summed E-state index contributed by atoms with van der Waals surface area (Å²) in [4.78, 5) is 8.48. The summed E-state index contributed by atoms with van der Waals surface area (Å²) < 4.78 is 29.7. The Labute approximate surface area is 147 Å². The number of nitrogens with zero attached hydrogens (tertiary/aromatic N) is 4. The third kappa shape index (κ3) is 2.91. The molecule has 0 amide bonds. The SMILES string of the molecule is N[C@@H]1CC[C@H](Nc2nc(-c3c(F)cccc3F)nc3c(Cl)cnn23)C1. The molecule has 2 heterocycles. The minimum Gasteiger partial charge on any atom is -0.351 e. The van der Waals surface area contributed by atoms with Crippen molar-refractivity contribution < 1.29 is 8.78 Å². The molecular weight excluding hydrogens is 350 g/mol. The summed E-state index contributed by atoms with van der Waals surface area (Å²) in [6.07, 6.45) is 3.98. The average Bonchev–Trinajstić information content (AvgIpc) is 3.14. The lowest BCUT2D eigenvalue weighted by molar-refractivity contribution is 0.587. The first kappa shape index (κ1) is 16.2. The van der Waals surface area contributed by atoms with Gasteiger partial charge in [-0.05, 0) is 31.4 Å². The van der Waals surface area contributed by atoms with Crippen LogP contribution in [0.1, 0.15) is 19.3 Å². The second-order valence-corrected chi connectivity index (χ2v) is 6.52. The molecule has 0 radical (unpaired) electrons. The molecule has 1 aliphatic rings. The van der Waals surface area contributed by atoms with Crippen molar-refractivity contribution in [3.8, 4) is 11.4 Å². The lowest BCUT2D eigenvalue weighted by Gasteiger charge is -2.15. The normalized spacial score (nSPS) is 20.3. The van der Waals surface area contributed by atoms with Gasteiger partial charge in [-0.2, -0.15) is 14.6 Å². The Hall–Kier alpha value is -2.32. The molecule has 6 nitrogen and oxygen atoms in total. The van der Waals surface area contributed by atoms with Crippen molar-refractivity contribution in [1.82, 2.24) is 19.6 Å². The van der Waals surface area contributed by atoms with E-state index in [9.17, 15) is 8.78 Å². The fraction of sp³-hybridized carbons (Fsp3) is 0.312. The molecule has 9 heteroatoms. The molecule has 2 aromatic heterocycles. The number of hydrogen-bond donors (Lipinski definition) is 2. The van der Waals surface area contributed by atoms with Gasteiger partial charge in [0.05, 0.1) is 11.8 Å². The zero-order valence-corrected chi connectivity index (χ0v) is 13.8. The molecule has 0 bridgehead atoms.